The zero-order chi connectivity index (χ0) is 14.9. The average molecular weight is 369 g/mol. The van der Waals surface area contributed by atoms with Crippen molar-refractivity contribution in [1.29, 1.82) is 0 Å². The molecule has 0 aliphatic heterocycles. The van der Waals surface area contributed by atoms with Crippen LogP contribution in [-0.2, 0) is 19.8 Å². The molecule has 0 fully saturated rings. The van der Waals surface area contributed by atoms with Crippen LogP contribution in [0, 0.1) is 0 Å². The van der Waals surface area contributed by atoms with Gasteiger partial charge in [0, 0.05) is 17.2 Å². The standard InChI is InChI=1S/C12H10BrClF3N3/c1-20-10(14)5-19-11(20)6-18-9-4-7(12(15,16)17)2-3-8(9)13/h2-5,18H,6H2,1H3. The highest BCUT2D eigenvalue weighted by Crippen LogP contribution is 2.34. The van der Waals surface area contributed by atoms with Crippen LogP contribution in [0.5, 0.6) is 0 Å². The molecule has 0 amide bonds. The summed E-state index contributed by atoms with van der Waals surface area (Å²) in [6.07, 6.45) is -2.89. The number of nitrogens with one attached hydrogen (secondary N) is 1. The van der Waals surface area contributed by atoms with Gasteiger partial charge < -0.3 is 9.88 Å². The Morgan fingerprint density at radius 1 is 1.40 bits per heavy atom. The Labute approximate surface area is 126 Å². The number of aromatic nitrogens is 2. The van der Waals surface area contributed by atoms with Gasteiger partial charge in [0.25, 0.3) is 0 Å². The Kier molecular flexibility index (Phi) is 4.29. The van der Waals surface area contributed by atoms with E-state index >= 15 is 0 Å². The maximum absolute atomic E-state index is 12.7. The van der Waals surface area contributed by atoms with Gasteiger partial charge in [-0.1, -0.05) is 11.6 Å². The molecule has 2 rings (SSSR count). The highest BCUT2D eigenvalue weighted by molar-refractivity contribution is 9.10. The second-order valence-electron chi connectivity index (χ2n) is 4.10. The zero-order valence-electron chi connectivity index (χ0n) is 10.3. The Morgan fingerprint density at radius 3 is 2.65 bits per heavy atom. The molecule has 2 aromatic rings. The van der Waals surface area contributed by atoms with Gasteiger partial charge in [0.15, 0.2) is 0 Å². The number of alkyl halides is 3. The van der Waals surface area contributed by atoms with Crippen LogP contribution in [0.2, 0.25) is 5.15 Å². The molecule has 0 atom stereocenters. The third-order valence-electron chi connectivity index (χ3n) is 2.76. The van der Waals surface area contributed by atoms with Crippen LogP contribution in [0.15, 0.2) is 28.9 Å². The molecule has 8 heteroatoms. The van der Waals surface area contributed by atoms with Crippen molar-refractivity contribution in [3.05, 3.63) is 45.4 Å². The number of imidazole rings is 1. The van der Waals surface area contributed by atoms with E-state index in [0.717, 1.165) is 12.1 Å². The molecule has 0 unspecified atom stereocenters. The van der Waals surface area contributed by atoms with E-state index in [9.17, 15) is 13.2 Å². The Morgan fingerprint density at radius 2 is 2.10 bits per heavy atom. The maximum Gasteiger partial charge on any atom is 0.416 e. The van der Waals surface area contributed by atoms with Crippen LogP contribution in [-0.4, -0.2) is 9.55 Å². The number of halogens is 5. The summed E-state index contributed by atoms with van der Waals surface area (Å²) < 4.78 is 40.2. The summed E-state index contributed by atoms with van der Waals surface area (Å²) >= 11 is 9.05. The maximum atomic E-state index is 12.7. The molecule has 20 heavy (non-hydrogen) atoms. The molecule has 1 aromatic carbocycles. The first-order chi connectivity index (χ1) is 9.29. The normalized spacial score (nSPS) is 11.7. The number of anilines is 1. The predicted octanol–water partition coefficient (Wildman–Crippen LogP) is 4.47. The first-order valence-electron chi connectivity index (χ1n) is 5.55. The van der Waals surface area contributed by atoms with Crippen molar-refractivity contribution >= 4 is 33.2 Å². The van der Waals surface area contributed by atoms with E-state index in [-0.39, 0.29) is 6.54 Å². The lowest BCUT2D eigenvalue weighted by Gasteiger charge is -2.12. The van der Waals surface area contributed by atoms with Crippen molar-refractivity contribution in [1.82, 2.24) is 9.55 Å². The van der Waals surface area contributed by atoms with E-state index in [2.05, 4.69) is 26.2 Å². The van der Waals surface area contributed by atoms with Crippen molar-refractivity contribution in [2.75, 3.05) is 5.32 Å². The van der Waals surface area contributed by atoms with E-state index in [0.29, 0.717) is 21.1 Å². The fraction of sp³-hybridized carbons (Fsp3) is 0.250. The Balaban J connectivity index is 2.19. The summed E-state index contributed by atoms with van der Waals surface area (Å²) in [5.74, 6) is 0.624. The van der Waals surface area contributed by atoms with Gasteiger partial charge in [0.2, 0.25) is 0 Å². The van der Waals surface area contributed by atoms with Crippen molar-refractivity contribution in [3.8, 4) is 0 Å². The van der Waals surface area contributed by atoms with Gasteiger partial charge in [-0.25, -0.2) is 4.98 Å². The average Bonchev–Trinajstić information content (AvgIpc) is 2.68. The molecule has 0 bridgehead atoms. The fourth-order valence-electron chi connectivity index (χ4n) is 1.60. The van der Waals surface area contributed by atoms with E-state index in [1.54, 1.807) is 11.6 Å². The number of rotatable bonds is 3. The van der Waals surface area contributed by atoms with Crippen LogP contribution in [0.4, 0.5) is 18.9 Å². The quantitative estimate of drug-likeness (QED) is 0.866. The second kappa shape index (κ2) is 5.65. The minimum absolute atomic E-state index is 0.267. The lowest BCUT2D eigenvalue weighted by Crippen LogP contribution is -2.09. The van der Waals surface area contributed by atoms with Crippen LogP contribution >= 0.6 is 27.5 Å². The Hall–Kier alpha value is -1.21. The van der Waals surface area contributed by atoms with E-state index < -0.39 is 11.7 Å². The zero-order valence-corrected chi connectivity index (χ0v) is 12.6. The highest BCUT2D eigenvalue weighted by Gasteiger charge is 2.30. The lowest BCUT2D eigenvalue weighted by atomic mass is 10.2. The molecule has 1 N–H and O–H groups in total. The SMILES string of the molecule is Cn1c(Cl)cnc1CNc1cc(C(F)(F)F)ccc1Br. The summed E-state index contributed by atoms with van der Waals surface area (Å²) in [6.45, 7) is 0.267. The van der Waals surface area contributed by atoms with Crippen LogP contribution in [0.3, 0.4) is 0 Å². The molecule has 1 aromatic heterocycles. The van der Waals surface area contributed by atoms with Crippen molar-refractivity contribution in [2.45, 2.75) is 12.7 Å². The first-order valence-corrected chi connectivity index (χ1v) is 6.73. The Bertz CT molecular complexity index is 625. The van der Waals surface area contributed by atoms with Crippen LogP contribution < -0.4 is 5.32 Å². The van der Waals surface area contributed by atoms with Crippen LogP contribution in [0.1, 0.15) is 11.4 Å². The van der Waals surface area contributed by atoms with Crippen molar-refractivity contribution in [2.24, 2.45) is 7.05 Å². The molecule has 0 radical (unpaired) electrons. The van der Waals surface area contributed by atoms with Gasteiger partial charge in [0.05, 0.1) is 18.3 Å². The number of hydrogen-bond acceptors (Lipinski definition) is 2. The molecule has 3 nitrogen and oxygen atoms in total. The highest BCUT2D eigenvalue weighted by atomic mass is 79.9. The smallest absolute Gasteiger partial charge is 0.377 e. The minimum Gasteiger partial charge on any atom is -0.377 e. The minimum atomic E-state index is -4.37. The molecular formula is C12H10BrClF3N3. The second-order valence-corrected chi connectivity index (χ2v) is 5.34. The largest absolute Gasteiger partial charge is 0.416 e. The van der Waals surface area contributed by atoms with Gasteiger partial charge in [-0.15, -0.1) is 0 Å². The van der Waals surface area contributed by atoms with Gasteiger partial charge in [-0.05, 0) is 34.1 Å². The first kappa shape index (κ1) is 15.2. The van der Waals surface area contributed by atoms with Gasteiger partial charge in [-0.3, -0.25) is 0 Å². The van der Waals surface area contributed by atoms with E-state index in [1.807, 2.05) is 0 Å². The molecule has 108 valence electrons. The summed E-state index contributed by atoms with van der Waals surface area (Å²) in [5.41, 5.74) is -0.361. The molecule has 0 saturated heterocycles. The molecule has 1 heterocycles. The number of benzene rings is 1. The third kappa shape index (κ3) is 3.27. The van der Waals surface area contributed by atoms with Crippen molar-refractivity contribution in [3.63, 3.8) is 0 Å². The third-order valence-corrected chi connectivity index (χ3v) is 3.80. The number of hydrogen-bond donors (Lipinski definition) is 1. The topological polar surface area (TPSA) is 29.9 Å². The van der Waals surface area contributed by atoms with Gasteiger partial charge >= 0.3 is 6.18 Å². The van der Waals surface area contributed by atoms with Crippen LogP contribution in [0.25, 0.3) is 0 Å². The lowest BCUT2D eigenvalue weighted by molar-refractivity contribution is -0.137. The summed E-state index contributed by atoms with van der Waals surface area (Å²) in [6, 6.07) is 3.43. The molecule has 0 aliphatic rings. The van der Waals surface area contributed by atoms with E-state index in [4.69, 9.17) is 11.6 Å². The van der Waals surface area contributed by atoms with Gasteiger partial charge in [0.1, 0.15) is 11.0 Å². The van der Waals surface area contributed by atoms with Gasteiger partial charge in [-0.2, -0.15) is 13.2 Å². The molecule has 0 aliphatic carbocycles. The molecular weight excluding hydrogens is 359 g/mol. The fourth-order valence-corrected chi connectivity index (χ4v) is 2.13. The number of nitrogens with zero attached hydrogens (tertiary/aromatic N) is 2. The molecule has 0 spiro atoms. The summed E-state index contributed by atoms with van der Waals surface area (Å²) in [5, 5.41) is 3.37. The van der Waals surface area contributed by atoms with E-state index in [1.165, 1.54) is 12.3 Å². The summed E-state index contributed by atoms with van der Waals surface area (Å²) in [7, 11) is 1.73. The summed E-state index contributed by atoms with van der Waals surface area (Å²) in [4.78, 5) is 4.06. The van der Waals surface area contributed by atoms with Crippen molar-refractivity contribution < 1.29 is 13.2 Å². The monoisotopic (exact) mass is 367 g/mol. The predicted molar refractivity (Wildman–Crippen MR) is 74.7 cm³/mol. The molecule has 0 saturated carbocycles.